The van der Waals surface area contributed by atoms with Crippen LogP contribution in [0.15, 0.2) is 18.3 Å². The normalized spacial score (nSPS) is 19.1. The van der Waals surface area contributed by atoms with Crippen molar-refractivity contribution in [2.24, 2.45) is 0 Å². The Bertz CT molecular complexity index is 334. The first kappa shape index (κ1) is 9.27. The average Bonchev–Trinajstić information content (AvgIpc) is 2.14. The van der Waals surface area contributed by atoms with E-state index in [4.69, 9.17) is 5.73 Å². The maximum absolute atomic E-state index is 9.83. The molecule has 1 saturated heterocycles. The number of β-amino-alcohol motifs (C(OH)–C–C–N with tert-alkyl or cyclic N) is 1. The molecule has 0 amide bonds. The van der Waals surface area contributed by atoms with Crippen LogP contribution in [0.1, 0.15) is 13.3 Å². The summed E-state index contributed by atoms with van der Waals surface area (Å²) < 4.78 is 0. The number of rotatable bonds is 2. The molecule has 1 fully saturated rings. The third-order valence-electron chi connectivity index (χ3n) is 2.74. The van der Waals surface area contributed by atoms with Crippen LogP contribution in [0.3, 0.4) is 0 Å². The Labute approximate surface area is 83.4 Å². The molecule has 0 bridgehead atoms. The number of aromatic nitrogens is 1. The Kier molecular flexibility index (Phi) is 2.07. The summed E-state index contributed by atoms with van der Waals surface area (Å²) in [4.78, 5) is 6.19. The highest BCUT2D eigenvalue weighted by Gasteiger charge is 2.40. The Balaban J connectivity index is 2.10. The maximum atomic E-state index is 9.83. The van der Waals surface area contributed by atoms with E-state index >= 15 is 0 Å². The molecule has 3 N–H and O–H groups in total. The molecule has 0 saturated carbocycles. The van der Waals surface area contributed by atoms with Gasteiger partial charge in [-0.25, -0.2) is 4.98 Å². The number of nitrogens with two attached hydrogens (primary N) is 1. The number of hydrogen-bond donors (Lipinski definition) is 2. The molecule has 4 nitrogen and oxygen atoms in total. The van der Waals surface area contributed by atoms with Crippen molar-refractivity contribution in [3.63, 3.8) is 0 Å². The second-order valence-electron chi connectivity index (χ2n) is 3.85. The largest absolute Gasteiger partial charge is 0.396 e. The Morgan fingerprint density at radius 1 is 1.64 bits per heavy atom. The van der Waals surface area contributed by atoms with Crippen LogP contribution in [0.2, 0.25) is 0 Å². The van der Waals surface area contributed by atoms with Crippen molar-refractivity contribution in [1.29, 1.82) is 0 Å². The molecule has 2 rings (SSSR count). The molecule has 0 atom stereocenters. The Hall–Kier alpha value is -1.29. The van der Waals surface area contributed by atoms with Crippen LogP contribution >= 0.6 is 0 Å². The molecular weight excluding hydrogens is 178 g/mol. The van der Waals surface area contributed by atoms with E-state index < -0.39 is 5.60 Å². The minimum atomic E-state index is -0.538. The minimum absolute atomic E-state index is 0.538. The lowest BCUT2D eigenvalue weighted by Gasteiger charge is -2.47. The molecule has 1 aliphatic heterocycles. The van der Waals surface area contributed by atoms with Gasteiger partial charge in [0, 0.05) is 6.20 Å². The lowest BCUT2D eigenvalue weighted by Crippen LogP contribution is -2.62. The first-order chi connectivity index (χ1) is 6.64. The van der Waals surface area contributed by atoms with Gasteiger partial charge in [-0.1, -0.05) is 6.92 Å². The van der Waals surface area contributed by atoms with Gasteiger partial charge in [0.15, 0.2) is 5.82 Å². The van der Waals surface area contributed by atoms with Crippen molar-refractivity contribution in [3.8, 4) is 0 Å². The maximum Gasteiger partial charge on any atom is 0.151 e. The van der Waals surface area contributed by atoms with Crippen molar-refractivity contribution < 1.29 is 5.11 Å². The van der Waals surface area contributed by atoms with Gasteiger partial charge < -0.3 is 15.7 Å². The lowest BCUT2D eigenvalue weighted by atomic mass is 9.91. The highest BCUT2D eigenvalue weighted by atomic mass is 16.3. The van der Waals surface area contributed by atoms with Crippen LogP contribution in [0.5, 0.6) is 0 Å². The van der Waals surface area contributed by atoms with Gasteiger partial charge in [-0.2, -0.15) is 0 Å². The molecule has 0 aliphatic carbocycles. The lowest BCUT2D eigenvalue weighted by molar-refractivity contribution is 0.00816. The van der Waals surface area contributed by atoms with Crippen LogP contribution in [-0.2, 0) is 0 Å². The minimum Gasteiger partial charge on any atom is -0.396 e. The van der Waals surface area contributed by atoms with E-state index in [0.29, 0.717) is 18.8 Å². The highest BCUT2D eigenvalue weighted by molar-refractivity contribution is 5.64. The summed E-state index contributed by atoms with van der Waals surface area (Å²) in [6.45, 7) is 3.24. The zero-order valence-corrected chi connectivity index (χ0v) is 8.27. The molecular formula is C10H15N3O. The summed E-state index contributed by atoms with van der Waals surface area (Å²) in [7, 11) is 0. The van der Waals surface area contributed by atoms with E-state index in [0.717, 1.165) is 12.2 Å². The van der Waals surface area contributed by atoms with Crippen LogP contribution in [0, 0.1) is 0 Å². The Morgan fingerprint density at radius 3 is 2.93 bits per heavy atom. The monoisotopic (exact) mass is 193 g/mol. The van der Waals surface area contributed by atoms with Crippen molar-refractivity contribution >= 4 is 11.5 Å². The smallest absolute Gasteiger partial charge is 0.151 e. The van der Waals surface area contributed by atoms with Gasteiger partial charge in [0.25, 0.3) is 0 Å². The van der Waals surface area contributed by atoms with Gasteiger partial charge in [-0.3, -0.25) is 0 Å². The second-order valence-corrected chi connectivity index (χ2v) is 3.85. The summed E-state index contributed by atoms with van der Waals surface area (Å²) in [6, 6.07) is 3.64. The van der Waals surface area contributed by atoms with Crippen molar-refractivity contribution in [1.82, 2.24) is 4.98 Å². The van der Waals surface area contributed by atoms with Gasteiger partial charge >= 0.3 is 0 Å². The molecule has 4 heteroatoms. The van der Waals surface area contributed by atoms with E-state index in [1.807, 2.05) is 24.0 Å². The third kappa shape index (κ3) is 1.42. The van der Waals surface area contributed by atoms with Gasteiger partial charge in [0.05, 0.1) is 24.4 Å². The van der Waals surface area contributed by atoms with E-state index in [1.54, 1.807) is 6.20 Å². The number of aliphatic hydroxyl groups is 1. The standard InChI is InChI=1S/C10H15N3O/c1-2-10(14)6-13(7-10)9-8(11)4-3-5-12-9/h3-5,14H,2,6-7,11H2,1H3. The number of nitrogens with zero attached hydrogens (tertiary/aromatic N) is 2. The summed E-state index contributed by atoms with van der Waals surface area (Å²) in [5.74, 6) is 0.783. The molecule has 0 aromatic carbocycles. The zero-order chi connectivity index (χ0) is 10.2. The van der Waals surface area contributed by atoms with Crippen molar-refractivity contribution in [2.75, 3.05) is 23.7 Å². The van der Waals surface area contributed by atoms with Crippen LogP contribution in [0.4, 0.5) is 11.5 Å². The van der Waals surface area contributed by atoms with E-state index in [9.17, 15) is 5.11 Å². The Morgan fingerprint density at radius 2 is 2.36 bits per heavy atom. The van der Waals surface area contributed by atoms with Gasteiger partial charge in [0.2, 0.25) is 0 Å². The number of hydrogen-bond acceptors (Lipinski definition) is 4. The van der Waals surface area contributed by atoms with Gasteiger partial charge in [0.1, 0.15) is 0 Å². The topological polar surface area (TPSA) is 62.4 Å². The fourth-order valence-corrected chi connectivity index (χ4v) is 1.71. The SMILES string of the molecule is CCC1(O)CN(c2ncccc2N)C1. The molecule has 1 aromatic heterocycles. The van der Waals surface area contributed by atoms with Crippen molar-refractivity contribution in [2.45, 2.75) is 18.9 Å². The quantitative estimate of drug-likeness (QED) is 0.723. The fourth-order valence-electron chi connectivity index (χ4n) is 1.71. The molecule has 0 radical (unpaired) electrons. The van der Waals surface area contributed by atoms with Crippen molar-refractivity contribution in [3.05, 3.63) is 18.3 Å². The van der Waals surface area contributed by atoms with E-state index in [-0.39, 0.29) is 0 Å². The molecule has 0 unspecified atom stereocenters. The number of pyridine rings is 1. The summed E-state index contributed by atoms with van der Waals surface area (Å²) in [5, 5.41) is 9.83. The fraction of sp³-hybridized carbons (Fsp3) is 0.500. The molecule has 76 valence electrons. The van der Waals surface area contributed by atoms with Crippen LogP contribution in [-0.4, -0.2) is 28.8 Å². The summed E-state index contributed by atoms with van der Waals surface area (Å²) in [5.41, 5.74) is 5.91. The summed E-state index contributed by atoms with van der Waals surface area (Å²) in [6.07, 6.45) is 2.49. The molecule has 14 heavy (non-hydrogen) atoms. The van der Waals surface area contributed by atoms with Gasteiger partial charge in [-0.15, -0.1) is 0 Å². The number of nitrogen functional groups attached to an aromatic ring is 1. The predicted octanol–water partition coefficient (Wildman–Crippen LogP) is 0.625. The average molecular weight is 193 g/mol. The van der Waals surface area contributed by atoms with Crippen LogP contribution in [0.25, 0.3) is 0 Å². The molecule has 1 aliphatic rings. The molecule has 1 aromatic rings. The predicted molar refractivity (Wildman–Crippen MR) is 56.1 cm³/mol. The number of anilines is 2. The summed E-state index contributed by atoms with van der Waals surface area (Å²) >= 11 is 0. The van der Waals surface area contributed by atoms with Gasteiger partial charge in [-0.05, 0) is 18.6 Å². The van der Waals surface area contributed by atoms with Crippen LogP contribution < -0.4 is 10.6 Å². The third-order valence-corrected chi connectivity index (χ3v) is 2.74. The van der Waals surface area contributed by atoms with E-state index in [2.05, 4.69) is 4.98 Å². The van der Waals surface area contributed by atoms with E-state index in [1.165, 1.54) is 0 Å². The molecule has 2 heterocycles. The zero-order valence-electron chi connectivity index (χ0n) is 8.27. The molecule has 0 spiro atoms. The highest BCUT2D eigenvalue weighted by Crippen LogP contribution is 2.31. The first-order valence-corrected chi connectivity index (χ1v) is 4.82. The first-order valence-electron chi connectivity index (χ1n) is 4.82. The second kappa shape index (κ2) is 3.13.